The molecule has 0 saturated carbocycles. The molecule has 5 rings (SSSR count). The van der Waals surface area contributed by atoms with Crippen molar-refractivity contribution in [2.45, 2.75) is 12.8 Å². The minimum absolute atomic E-state index is 0. The first kappa shape index (κ1) is 27.9. The first-order valence-electron chi connectivity index (χ1n) is 11.9. The molecule has 37 heavy (non-hydrogen) atoms. The van der Waals surface area contributed by atoms with E-state index < -0.39 is 18.5 Å². The molecular weight excluding hydrogens is 507 g/mol. The maximum Gasteiger partial charge on any atom is 1.00 e. The molecule has 0 unspecified atom stereocenters. The standard InChI is InChI=1S/C27H25BF3N2O3.K/c1-18-19(16-34)14-20(15-26(18)28(29,30)31)32-10-12-33(13-11-32)27(35)36-17-25-23-8-4-2-6-21(23)22-7-3-5-9-24(22)25;/h2-9,14-16,25H,10-13,17H2,1H3;/q-1;+1. The van der Waals surface area contributed by atoms with Crippen LogP contribution in [0.1, 0.15) is 33.0 Å². The third-order valence-corrected chi connectivity index (χ3v) is 7.19. The minimum Gasteiger partial charge on any atom is -0.448 e. The van der Waals surface area contributed by atoms with Gasteiger partial charge in [-0.05, 0) is 35.2 Å². The van der Waals surface area contributed by atoms with Crippen molar-refractivity contribution in [1.29, 1.82) is 0 Å². The quantitative estimate of drug-likeness (QED) is 0.373. The summed E-state index contributed by atoms with van der Waals surface area (Å²) in [4.78, 5) is 27.6. The van der Waals surface area contributed by atoms with Crippen molar-refractivity contribution in [2.75, 3.05) is 37.7 Å². The molecule has 1 saturated heterocycles. The van der Waals surface area contributed by atoms with Gasteiger partial charge in [0.15, 0.2) is 0 Å². The normalized spacial score (nSPS) is 15.0. The predicted molar refractivity (Wildman–Crippen MR) is 134 cm³/mol. The number of rotatable bonds is 5. The number of anilines is 1. The van der Waals surface area contributed by atoms with Crippen molar-refractivity contribution in [3.63, 3.8) is 0 Å². The smallest absolute Gasteiger partial charge is 0.448 e. The summed E-state index contributed by atoms with van der Waals surface area (Å²) in [6.07, 6.45) is 0.0187. The second-order valence-corrected chi connectivity index (χ2v) is 9.22. The molecule has 1 aliphatic carbocycles. The van der Waals surface area contributed by atoms with Gasteiger partial charge in [0.25, 0.3) is 0 Å². The molecule has 1 amide bonds. The number of aldehydes is 1. The molecule has 1 heterocycles. The average molecular weight is 532 g/mol. The number of hydrogen-bond acceptors (Lipinski definition) is 4. The zero-order chi connectivity index (χ0) is 25.4. The number of piperazine rings is 1. The van der Waals surface area contributed by atoms with Crippen LogP contribution in [-0.4, -0.2) is 57.0 Å². The van der Waals surface area contributed by atoms with E-state index in [1.807, 2.05) is 24.3 Å². The number of halogens is 3. The molecule has 0 N–H and O–H groups in total. The maximum atomic E-state index is 13.5. The van der Waals surface area contributed by atoms with E-state index in [1.165, 1.54) is 13.0 Å². The van der Waals surface area contributed by atoms with Crippen molar-refractivity contribution in [1.82, 2.24) is 4.90 Å². The maximum absolute atomic E-state index is 13.5. The van der Waals surface area contributed by atoms with E-state index in [0.717, 1.165) is 28.3 Å². The van der Waals surface area contributed by atoms with Crippen LogP contribution in [0.15, 0.2) is 60.7 Å². The van der Waals surface area contributed by atoms with E-state index in [1.54, 1.807) is 9.80 Å². The molecule has 0 atom stereocenters. The van der Waals surface area contributed by atoms with Gasteiger partial charge >= 0.3 is 64.5 Å². The molecule has 0 bridgehead atoms. The monoisotopic (exact) mass is 532 g/mol. The third kappa shape index (κ3) is 5.54. The Labute approximate surface area is 256 Å². The van der Waals surface area contributed by atoms with Crippen LogP contribution in [0.3, 0.4) is 0 Å². The van der Waals surface area contributed by atoms with Crippen molar-refractivity contribution < 1.29 is 78.7 Å². The fourth-order valence-electron chi connectivity index (χ4n) is 5.22. The second kappa shape index (κ2) is 11.3. The van der Waals surface area contributed by atoms with Gasteiger partial charge in [-0.2, -0.15) is 0 Å². The van der Waals surface area contributed by atoms with E-state index >= 15 is 0 Å². The Bertz CT molecular complexity index is 1280. The molecule has 3 aromatic rings. The van der Waals surface area contributed by atoms with Crippen LogP contribution >= 0.6 is 0 Å². The summed E-state index contributed by atoms with van der Waals surface area (Å²) in [5.41, 5.74) is 4.11. The number of benzene rings is 3. The Morgan fingerprint density at radius 2 is 1.54 bits per heavy atom. The number of amides is 1. The molecular formula is C27H25BF3KN2O3. The number of hydrogen-bond donors (Lipinski definition) is 0. The summed E-state index contributed by atoms with van der Waals surface area (Å²) in [7, 11) is 0. The molecule has 0 aromatic heterocycles. The Kier molecular flexibility index (Phi) is 8.55. The van der Waals surface area contributed by atoms with Crippen LogP contribution in [0.4, 0.5) is 23.4 Å². The molecule has 3 aromatic carbocycles. The first-order valence-corrected chi connectivity index (χ1v) is 11.9. The fraction of sp³-hybridized carbons (Fsp3) is 0.259. The second-order valence-electron chi connectivity index (χ2n) is 9.22. The van der Waals surface area contributed by atoms with Gasteiger partial charge in [-0.15, -0.1) is 5.46 Å². The van der Waals surface area contributed by atoms with Gasteiger partial charge in [-0.25, -0.2) is 4.79 Å². The number of carbonyl (C=O) groups excluding carboxylic acids is 2. The van der Waals surface area contributed by atoms with Gasteiger partial charge in [0.2, 0.25) is 0 Å². The topological polar surface area (TPSA) is 49.9 Å². The molecule has 1 fully saturated rings. The number of nitrogens with zero attached hydrogens (tertiary/aromatic N) is 2. The van der Waals surface area contributed by atoms with Crippen LogP contribution in [0.25, 0.3) is 11.1 Å². The molecule has 2 aliphatic rings. The predicted octanol–water partition coefficient (Wildman–Crippen LogP) is 1.94. The Hall–Kier alpha value is -2.11. The van der Waals surface area contributed by atoms with Crippen molar-refractivity contribution in [3.8, 4) is 11.1 Å². The van der Waals surface area contributed by atoms with E-state index in [4.69, 9.17) is 4.74 Å². The number of carbonyl (C=O) groups is 2. The van der Waals surface area contributed by atoms with Gasteiger partial charge in [0, 0.05) is 43.3 Å². The van der Waals surface area contributed by atoms with Gasteiger partial charge in [-0.3, -0.25) is 4.79 Å². The van der Waals surface area contributed by atoms with E-state index in [-0.39, 0.29) is 75.0 Å². The van der Waals surface area contributed by atoms with Gasteiger partial charge in [0.1, 0.15) is 12.9 Å². The van der Waals surface area contributed by atoms with Gasteiger partial charge in [0.05, 0.1) is 0 Å². The third-order valence-electron chi connectivity index (χ3n) is 7.19. The van der Waals surface area contributed by atoms with E-state index in [2.05, 4.69) is 24.3 Å². The van der Waals surface area contributed by atoms with Crippen LogP contribution in [0, 0.1) is 6.92 Å². The summed E-state index contributed by atoms with van der Waals surface area (Å²) in [5, 5.41) is 0. The number of ether oxygens (including phenoxy) is 1. The van der Waals surface area contributed by atoms with Crippen molar-refractivity contribution in [3.05, 3.63) is 82.9 Å². The van der Waals surface area contributed by atoms with Crippen LogP contribution in [0.2, 0.25) is 0 Å². The van der Waals surface area contributed by atoms with Crippen molar-refractivity contribution in [2.24, 2.45) is 0 Å². The van der Waals surface area contributed by atoms with Crippen molar-refractivity contribution >= 4 is 30.5 Å². The summed E-state index contributed by atoms with van der Waals surface area (Å²) in [6, 6.07) is 18.8. The van der Waals surface area contributed by atoms with Crippen LogP contribution in [0.5, 0.6) is 0 Å². The largest absolute Gasteiger partial charge is 1.00 e. The SMILES string of the molecule is Cc1c(C=O)cc(N2CCN(C(=O)OCC3c4ccccc4-c4ccccc43)CC2)cc1[B-](F)(F)F.[K+]. The zero-order valence-corrected chi connectivity index (χ0v) is 23.9. The summed E-state index contributed by atoms with van der Waals surface area (Å²) >= 11 is 0. The fourth-order valence-corrected chi connectivity index (χ4v) is 5.22. The van der Waals surface area contributed by atoms with Gasteiger partial charge in [-0.1, -0.05) is 60.2 Å². The summed E-state index contributed by atoms with van der Waals surface area (Å²) < 4.78 is 46.3. The van der Waals surface area contributed by atoms with Gasteiger partial charge < -0.3 is 27.5 Å². The number of fused-ring (bicyclic) bond motifs is 3. The molecule has 1 aliphatic heterocycles. The molecule has 10 heteroatoms. The van der Waals surface area contributed by atoms with Crippen LogP contribution in [-0.2, 0) is 4.74 Å². The minimum atomic E-state index is -5.25. The first-order chi connectivity index (χ1) is 17.3. The Morgan fingerprint density at radius 3 is 2.08 bits per heavy atom. The average Bonchev–Trinajstić information content (AvgIpc) is 3.20. The zero-order valence-electron chi connectivity index (χ0n) is 20.8. The molecule has 0 spiro atoms. The summed E-state index contributed by atoms with van der Waals surface area (Å²) in [5.74, 6) is -0.0420. The molecule has 5 nitrogen and oxygen atoms in total. The molecule has 186 valence electrons. The van der Waals surface area contributed by atoms with Crippen LogP contribution < -0.4 is 61.7 Å². The van der Waals surface area contributed by atoms with E-state index in [0.29, 0.717) is 38.2 Å². The Morgan fingerprint density at radius 1 is 0.973 bits per heavy atom. The summed E-state index contributed by atoms with van der Waals surface area (Å²) in [6.45, 7) is -2.41. The Balaban J connectivity index is 0.00000320. The van der Waals surface area contributed by atoms with E-state index in [9.17, 15) is 22.5 Å². The molecule has 0 radical (unpaired) electrons.